The lowest BCUT2D eigenvalue weighted by Gasteiger charge is -2.15. The minimum Gasteiger partial charge on any atom is -0.495 e. The molecule has 0 saturated heterocycles. The molecular formula is C10H13N5O. The van der Waals surface area contributed by atoms with E-state index < -0.39 is 0 Å². The second-order valence-corrected chi connectivity index (χ2v) is 3.18. The van der Waals surface area contributed by atoms with Gasteiger partial charge in [-0.3, -0.25) is 10.1 Å². The lowest BCUT2D eigenvalue weighted by atomic mass is 10.1. The van der Waals surface area contributed by atoms with Crippen LogP contribution in [0.5, 0.6) is 5.75 Å². The normalized spacial score (nSPS) is 12.4. The van der Waals surface area contributed by atoms with E-state index in [1.165, 1.54) is 6.33 Å². The standard InChI is InChI=1S/C10H13N5O/c1-11-9(10-13-6-14-15-10)8-7(16-2)4-3-5-12-8/h3-6,9,11H,1-2H3,(H,13,14,15). The maximum Gasteiger partial charge on any atom is 0.147 e. The fourth-order valence-electron chi connectivity index (χ4n) is 1.55. The van der Waals surface area contributed by atoms with Gasteiger partial charge in [0.25, 0.3) is 0 Å². The summed E-state index contributed by atoms with van der Waals surface area (Å²) >= 11 is 0. The summed E-state index contributed by atoms with van der Waals surface area (Å²) in [5, 5.41) is 9.77. The Morgan fingerprint density at radius 3 is 2.94 bits per heavy atom. The molecule has 16 heavy (non-hydrogen) atoms. The number of nitrogens with one attached hydrogen (secondary N) is 2. The van der Waals surface area contributed by atoms with Gasteiger partial charge >= 0.3 is 0 Å². The average Bonchev–Trinajstić information content (AvgIpc) is 2.84. The lowest BCUT2D eigenvalue weighted by Crippen LogP contribution is -2.21. The van der Waals surface area contributed by atoms with Crippen LogP contribution in [0.4, 0.5) is 0 Å². The second-order valence-electron chi connectivity index (χ2n) is 3.18. The molecule has 2 rings (SSSR count). The van der Waals surface area contributed by atoms with E-state index in [1.807, 2.05) is 19.2 Å². The van der Waals surface area contributed by atoms with Crippen molar-refractivity contribution in [2.45, 2.75) is 6.04 Å². The van der Waals surface area contributed by atoms with Crippen molar-refractivity contribution in [3.63, 3.8) is 0 Å². The van der Waals surface area contributed by atoms with E-state index in [1.54, 1.807) is 13.3 Å². The summed E-state index contributed by atoms with van der Waals surface area (Å²) in [5.74, 6) is 1.43. The maximum atomic E-state index is 5.26. The number of methoxy groups -OCH3 is 1. The summed E-state index contributed by atoms with van der Waals surface area (Å²) in [4.78, 5) is 8.42. The number of pyridine rings is 1. The van der Waals surface area contributed by atoms with Crippen molar-refractivity contribution in [2.75, 3.05) is 14.2 Å². The molecule has 0 aliphatic heterocycles. The van der Waals surface area contributed by atoms with Crippen LogP contribution in [0, 0.1) is 0 Å². The number of H-pyrrole nitrogens is 1. The molecule has 0 radical (unpaired) electrons. The van der Waals surface area contributed by atoms with Crippen LogP contribution < -0.4 is 10.1 Å². The van der Waals surface area contributed by atoms with Crippen molar-refractivity contribution in [2.24, 2.45) is 0 Å². The predicted octanol–water partition coefficient (Wildman–Crippen LogP) is 0.517. The molecule has 0 amide bonds. The van der Waals surface area contributed by atoms with Gasteiger partial charge < -0.3 is 10.1 Å². The molecule has 2 N–H and O–H groups in total. The zero-order chi connectivity index (χ0) is 11.4. The van der Waals surface area contributed by atoms with Gasteiger partial charge in [0.2, 0.25) is 0 Å². The van der Waals surface area contributed by atoms with Gasteiger partial charge in [-0.25, -0.2) is 4.98 Å². The molecule has 2 aromatic rings. The van der Waals surface area contributed by atoms with Crippen LogP contribution >= 0.6 is 0 Å². The van der Waals surface area contributed by atoms with Gasteiger partial charge in [0, 0.05) is 6.20 Å². The fourth-order valence-corrected chi connectivity index (χ4v) is 1.55. The molecule has 0 spiro atoms. The first-order valence-corrected chi connectivity index (χ1v) is 4.88. The molecule has 2 heterocycles. The van der Waals surface area contributed by atoms with Gasteiger partial charge in [-0.05, 0) is 19.2 Å². The van der Waals surface area contributed by atoms with E-state index in [9.17, 15) is 0 Å². The molecule has 0 aliphatic rings. The first-order chi connectivity index (χ1) is 7.86. The Morgan fingerprint density at radius 1 is 1.44 bits per heavy atom. The lowest BCUT2D eigenvalue weighted by molar-refractivity contribution is 0.400. The third kappa shape index (κ3) is 1.87. The monoisotopic (exact) mass is 219 g/mol. The third-order valence-corrected chi connectivity index (χ3v) is 2.29. The highest BCUT2D eigenvalue weighted by Gasteiger charge is 2.19. The number of aromatic nitrogens is 4. The van der Waals surface area contributed by atoms with Crippen LogP contribution in [-0.2, 0) is 0 Å². The second kappa shape index (κ2) is 4.71. The molecule has 1 unspecified atom stereocenters. The van der Waals surface area contributed by atoms with Crippen LogP contribution in [0.3, 0.4) is 0 Å². The first-order valence-electron chi connectivity index (χ1n) is 4.88. The van der Waals surface area contributed by atoms with Crippen molar-refractivity contribution < 1.29 is 4.74 Å². The van der Waals surface area contributed by atoms with Crippen molar-refractivity contribution in [1.82, 2.24) is 25.5 Å². The first kappa shape index (κ1) is 10.6. The Morgan fingerprint density at radius 2 is 2.31 bits per heavy atom. The molecule has 1 atom stereocenters. The Labute approximate surface area is 93.1 Å². The minimum absolute atomic E-state index is 0.154. The Bertz CT molecular complexity index is 442. The minimum atomic E-state index is -0.154. The summed E-state index contributed by atoms with van der Waals surface area (Å²) in [5.41, 5.74) is 0.782. The summed E-state index contributed by atoms with van der Waals surface area (Å²) in [6, 6.07) is 3.54. The smallest absolute Gasteiger partial charge is 0.147 e. The molecule has 6 nitrogen and oxygen atoms in total. The molecule has 0 aromatic carbocycles. The molecular weight excluding hydrogens is 206 g/mol. The molecule has 0 saturated carbocycles. The number of nitrogens with zero attached hydrogens (tertiary/aromatic N) is 3. The van der Waals surface area contributed by atoms with E-state index in [0.29, 0.717) is 5.82 Å². The Kier molecular flexibility index (Phi) is 3.11. The van der Waals surface area contributed by atoms with Gasteiger partial charge in [-0.1, -0.05) is 0 Å². The van der Waals surface area contributed by atoms with Gasteiger partial charge in [0.05, 0.1) is 7.11 Å². The van der Waals surface area contributed by atoms with E-state index >= 15 is 0 Å². The van der Waals surface area contributed by atoms with Gasteiger partial charge in [-0.15, -0.1) is 0 Å². The fraction of sp³-hybridized carbons (Fsp3) is 0.300. The zero-order valence-electron chi connectivity index (χ0n) is 9.14. The molecule has 84 valence electrons. The Hall–Kier alpha value is -1.95. The highest BCUT2D eigenvalue weighted by molar-refractivity contribution is 5.32. The van der Waals surface area contributed by atoms with E-state index in [-0.39, 0.29) is 6.04 Å². The third-order valence-electron chi connectivity index (χ3n) is 2.29. The topological polar surface area (TPSA) is 75.7 Å². The number of rotatable bonds is 4. The van der Waals surface area contributed by atoms with E-state index in [0.717, 1.165) is 11.4 Å². The Balaban J connectivity index is 2.41. The van der Waals surface area contributed by atoms with Gasteiger partial charge in [0.15, 0.2) is 0 Å². The van der Waals surface area contributed by atoms with Crippen LogP contribution in [0.2, 0.25) is 0 Å². The average molecular weight is 219 g/mol. The molecule has 0 aliphatic carbocycles. The van der Waals surface area contributed by atoms with Crippen molar-refractivity contribution in [1.29, 1.82) is 0 Å². The summed E-state index contributed by atoms with van der Waals surface area (Å²) in [7, 11) is 3.45. The van der Waals surface area contributed by atoms with Crippen molar-refractivity contribution in [3.05, 3.63) is 36.2 Å². The van der Waals surface area contributed by atoms with Crippen LogP contribution in [-0.4, -0.2) is 34.3 Å². The molecule has 6 heteroatoms. The van der Waals surface area contributed by atoms with Crippen molar-refractivity contribution >= 4 is 0 Å². The molecule has 2 aromatic heterocycles. The summed E-state index contributed by atoms with van der Waals surface area (Å²) < 4.78 is 5.26. The summed E-state index contributed by atoms with van der Waals surface area (Å²) in [6.07, 6.45) is 3.19. The van der Waals surface area contributed by atoms with E-state index in [2.05, 4.69) is 25.5 Å². The number of aromatic amines is 1. The van der Waals surface area contributed by atoms with Crippen LogP contribution in [0.25, 0.3) is 0 Å². The zero-order valence-corrected chi connectivity index (χ0v) is 9.14. The van der Waals surface area contributed by atoms with Gasteiger partial charge in [-0.2, -0.15) is 5.10 Å². The highest BCUT2D eigenvalue weighted by atomic mass is 16.5. The van der Waals surface area contributed by atoms with Crippen molar-refractivity contribution in [3.8, 4) is 5.75 Å². The predicted molar refractivity (Wildman–Crippen MR) is 58.1 cm³/mol. The van der Waals surface area contributed by atoms with Crippen LogP contribution in [0.15, 0.2) is 24.7 Å². The van der Waals surface area contributed by atoms with Crippen LogP contribution in [0.1, 0.15) is 17.6 Å². The highest BCUT2D eigenvalue weighted by Crippen LogP contribution is 2.24. The summed E-state index contributed by atoms with van der Waals surface area (Å²) in [6.45, 7) is 0. The largest absolute Gasteiger partial charge is 0.495 e. The quantitative estimate of drug-likeness (QED) is 0.784. The van der Waals surface area contributed by atoms with E-state index in [4.69, 9.17) is 4.74 Å². The molecule has 0 bridgehead atoms. The number of hydrogen-bond acceptors (Lipinski definition) is 5. The molecule has 0 fully saturated rings. The van der Waals surface area contributed by atoms with Gasteiger partial charge in [0.1, 0.15) is 29.6 Å². The maximum absolute atomic E-state index is 5.26. The number of hydrogen-bond donors (Lipinski definition) is 2. The number of ether oxygens (including phenoxy) is 1. The SMILES string of the molecule is CNC(c1ncn[nH]1)c1ncccc1OC.